The summed E-state index contributed by atoms with van der Waals surface area (Å²) in [5.74, 6) is 1.68. The Hall–Kier alpha value is -3.92. The fraction of sp³-hybridized carbons (Fsp3) is 0.133. The first-order valence-corrected chi connectivity index (χ1v) is 13.1. The second kappa shape index (κ2) is 10.4. The summed E-state index contributed by atoms with van der Waals surface area (Å²) in [6, 6.07) is 31.9. The molecule has 5 nitrogen and oxygen atoms in total. The average molecular weight is 496 g/mol. The Morgan fingerprint density at radius 2 is 1.17 bits per heavy atom. The maximum atomic E-state index is 6.20. The van der Waals surface area contributed by atoms with Gasteiger partial charge in [-0.3, -0.25) is 4.52 Å². The van der Waals surface area contributed by atoms with Gasteiger partial charge >= 0.3 is 8.24 Å². The summed E-state index contributed by atoms with van der Waals surface area (Å²) < 4.78 is 30.5. The van der Waals surface area contributed by atoms with Gasteiger partial charge in [0, 0.05) is 28.3 Å². The van der Waals surface area contributed by atoms with E-state index in [9.17, 15) is 0 Å². The van der Waals surface area contributed by atoms with Gasteiger partial charge in [0.05, 0.1) is 6.61 Å². The molecule has 0 radical (unpaired) electrons. The van der Waals surface area contributed by atoms with Crippen LogP contribution in [0.5, 0.6) is 11.5 Å². The second-order valence-electron chi connectivity index (χ2n) is 8.40. The standard InChI is InChI=1S/C30H25O5P/c1(2-20-30-32-26-16-7-3-12-22(26)23-13-4-8-17-27(23)33-30)11-21-31-36-34-28-18-9-5-14-24(28)25-15-6-10-19-29(25)35-36/h1,3-19,30H,2,20-21H2/b11-1-. The third kappa shape index (κ3) is 4.76. The minimum Gasteiger partial charge on any atom is -0.454 e. The molecule has 6 rings (SSSR count). The zero-order chi connectivity index (χ0) is 24.2. The van der Waals surface area contributed by atoms with Crippen LogP contribution in [0.1, 0.15) is 12.8 Å². The van der Waals surface area contributed by atoms with E-state index in [0.29, 0.717) is 13.0 Å². The molecule has 36 heavy (non-hydrogen) atoms. The Morgan fingerprint density at radius 1 is 0.639 bits per heavy atom. The van der Waals surface area contributed by atoms with E-state index in [4.69, 9.17) is 22.4 Å². The maximum absolute atomic E-state index is 6.20. The van der Waals surface area contributed by atoms with Crippen LogP contribution in [-0.2, 0) is 0 Å². The Labute approximate surface area is 210 Å². The number of rotatable bonds is 6. The topological polar surface area (TPSA) is 54.0 Å². The smallest absolute Gasteiger partial charge is 0.387 e. The summed E-state index contributed by atoms with van der Waals surface area (Å²) in [5, 5.41) is 2.01. The highest BCUT2D eigenvalue weighted by Gasteiger charge is 2.22. The van der Waals surface area contributed by atoms with Crippen molar-refractivity contribution in [1.82, 2.24) is 0 Å². The summed E-state index contributed by atoms with van der Waals surface area (Å²) in [6.45, 7) is 0.383. The van der Waals surface area contributed by atoms with Gasteiger partial charge in [0.2, 0.25) is 6.29 Å². The Morgan fingerprint density at radius 3 is 1.78 bits per heavy atom. The number of hydrogen-bond acceptors (Lipinski definition) is 5. The molecule has 0 bridgehead atoms. The number of para-hydroxylation sites is 4. The third-order valence-electron chi connectivity index (χ3n) is 6.00. The average Bonchev–Trinajstić information content (AvgIpc) is 3.18. The van der Waals surface area contributed by atoms with E-state index in [2.05, 4.69) is 18.2 Å². The van der Waals surface area contributed by atoms with Crippen LogP contribution in [0, 0.1) is 0 Å². The van der Waals surface area contributed by atoms with Gasteiger partial charge in [0.1, 0.15) is 22.7 Å². The minimum atomic E-state index is -1.57. The van der Waals surface area contributed by atoms with E-state index in [-0.39, 0.29) is 6.29 Å². The van der Waals surface area contributed by atoms with Gasteiger partial charge in [-0.15, -0.1) is 0 Å². The molecule has 0 unspecified atom stereocenters. The van der Waals surface area contributed by atoms with Crippen molar-refractivity contribution in [3.05, 3.63) is 109 Å². The highest BCUT2D eigenvalue weighted by molar-refractivity contribution is 7.31. The second-order valence-corrected chi connectivity index (χ2v) is 9.47. The Balaban J connectivity index is 1.12. The number of allylic oxidation sites excluding steroid dienone is 1. The molecular formula is C30H25O5P. The van der Waals surface area contributed by atoms with Crippen LogP contribution in [0.25, 0.3) is 33.1 Å². The van der Waals surface area contributed by atoms with E-state index >= 15 is 0 Å². The molecule has 0 fully saturated rings. The van der Waals surface area contributed by atoms with Gasteiger partial charge in [-0.2, -0.15) is 0 Å². The number of fused-ring (bicyclic) bond motifs is 6. The predicted octanol–water partition coefficient (Wildman–Crippen LogP) is 8.52. The van der Waals surface area contributed by atoms with Gasteiger partial charge in [-0.25, -0.2) is 0 Å². The zero-order valence-corrected chi connectivity index (χ0v) is 20.5. The molecule has 4 aromatic carbocycles. The fourth-order valence-corrected chi connectivity index (χ4v) is 5.29. The summed E-state index contributed by atoms with van der Waals surface area (Å²) in [4.78, 5) is 0. The lowest BCUT2D eigenvalue weighted by atomic mass is 10.0. The van der Waals surface area contributed by atoms with Crippen molar-refractivity contribution in [2.45, 2.75) is 19.1 Å². The highest BCUT2D eigenvalue weighted by atomic mass is 31.1. The van der Waals surface area contributed by atoms with Crippen molar-refractivity contribution in [2.24, 2.45) is 0 Å². The lowest BCUT2D eigenvalue weighted by Gasteiger charge is -2.17. The molecule has 0 spiro atoms. The van der Waals surface area contributed by atoms with Crippen LogP contribution in [0.2, 0.25) is 0 Å². The summed E-state index contributed by atoms with van der Waals surface area (Å²) in [7, 11) is -1.57. The van der Waals surface area contributed by atoms with Gasteiger partial charge in [0.25, 0.3) is 0 Å². The van der Waals surface area contributed by atoms with Crippen molar-refractivity contribution in [2.75, 3.05) is 6.61 Å². The largest absolute Gasteiger partial charge is 0.454 e. The number of benzene rings is 4. The van der Waals surface area contributed by atoms with Crippen LogP contribution in [0.15, 0.2) is 118 Å². The fourth-order valence-electron chi connectivity index (χ4n) is 4.30. The van der Waals surface area contributed by atoms with Crippen LogP contribution < -0.4 is 14.0 Å². The van der Waals surface area contributed by atoms with Crippen LogP contribution in [0.3, 0.4) is 0 Å². The van der Waals surface area contributed by atoms with E-state index < -0.39 is 8.24 Å². The summed E-state index contributed by atoms with van der Waals surface area (Å²) in [5.41, 5.74) is 3.63. The number of hydrogen-bond donors (Lipinski definition) is 0. The zero-order valence-electron chi connectivity index (χ0n) is 19.6. The monoisotopic (exact) mass is 496 g/mol. The van der Waals surface area contributed by atoms with Crippen molar-refractivity contribution < 1.29 is 22.4 Å². The molecule has 2 heterocycles. The van der Waals surface area contributed by atoms with E-state index in [1.807, 2.05) is 91.0 Å². The lowest BCUT2D eigenvalue weighted by Crippen LogP contribution is -2.22. The SMILES string of the molecule is C(=C/COp1oc2ccccc2c2ccccc2o1)/CCC1Oc2ccccc2-c2ccccc2O1. The molecule has 1 aliphatic rings. The van der Waals surface area contributed by atoms with Crippen molar-refractivity contribution >= 4 is 30.2 Å². The first-order valence-electron chi connectivity index (χ1n) is 12.0. The third-order valence-corrected chi connectivity index (χ3v) is 7.05. The molecule has 180 valence electrons. The van der Waals surface area contributed by atoms with Gasteiger partial charge in [-0.1, -0.05) is 84.9 Å². The predicted molar refractivity (Wildman–Crippen MR) is 143 cm³/mol. The van der Waals surface area contributed by atoms with E-state index in [1.165, 1.54) is 0 Å². The van der Waals surface area contributed by atoms with Crippen LogP contribution in [0.4, 0.5) is 0 Å². The van der Waals surface area contributed by atoms with Gasteiger partial charge in [0.15, 0.2) is 0 Å². The molecule has 0 saturated carbocycles. The van der Waals surface area contributed by atoms with Crippen molar-refractivity contribution in [1.29, 1.82) is 0 Å². The van der Waals surface area contributed by atoms with Crippen LogP contribution >= 0.6 is 8.24 Å². The molecular weight excluding hydrogens is 471 g/mol. The molecule has 5 aromatic rings. The normalized spacial score (nSPS) is 13.1. The summed E-state index contributed by atoms with van der Waals surface area (Å²) in [6.07, 6.45) is 5.18. The molecule has 0 aliphatic carbocycles. The first kappa shape index (κ1) is 22.5. The van der Waals surface area contributed by atoms with Crippen molar-refractivity contribution in [3.8, 4) is 22.6 Å². The maximum Gasteiger partial charge on any atom is 0.387 e. The Kier molecular flexibility index (Phi) is 6.49. The number of ether oxygens (including phenoxy) is 2. The Bertz CT molecular complexity index is 1470. The van der Waals surface area contributed by atoms with E-state index in [0.717, 1.165) is 51.0 Å². The molecule has 0 saturated heterocycles. The summed E-state index contributed by atoms with van der Waals surface area (Å²) >= 11 is 0. The quantitative estimate of drug-likeness (QED) is 0.221. The molecule has 6 heteroatoms. The molecule has 0 atom stereocenters. The minimum absolute atomic E-state index is 0.369. The lowest BCUT2D eigenvalue weighted by molar-refractivity contribution is 0.00388. The highest BCUT2D eigenvalue weighted by Crippen LogP contribution is 2.40. The van der Waals surface area contributed by atoms with Crippen molar-refractivity contribution in [3.63, 3.8) is 0 Å². The molecule has 1 aliphatic heterocycles. The molecule has 0 amide bonds. The molecule has 0 N–H and O–H groups in total. The molecule has 1 aromatic heterocycles. The first-order chi connectivity index (χ1) is 17.8. The van der Waals surface area contributed by atoms with E-state index in [1.54, 1.807) is 0 Å². The van der Waals surface area contributed by atoms with Gasteiger partial charge in [-0.05, 0) is 30.7 Å². The van der Waals surface area contributed by atoms with Crippen LogP contribution in [-0.4, -0.2) is 12.9 Å². The van der Waals surface area contributed by atoms with Gasteiger partial charge < -0.3 is 17.9 Å².